The molecule has 0 radical (unpaired) electrons. The Kier molecular flexibility index (Phi) is 3.24. The van der Waals surface area contributed by atoms with E-state index in [2.05, 4.69) is 31.3 Å². The minimum Gasteiger partial charge on any atom is -0.366 e. The van der Waals surface area contributed by atoms with Crippen molar-refractivity contribution in [3.63, 3.8) is 0 Å². The van der Waals surface area contributed by atoms with E-state index in [1.165, 1.54) is 5.56 Å². The van der Waals surface area contributed by atoms with Gasteiger partial charge in [-0.1, -0.05) is 0 Å². The topological polar surface area (TPSA) is 42.7 Å². The third-order valence-electron chi connectivity index (χ3n) is 2.30. The molecule has 2 rings (SSSR count). The van der Waals surface area contributed by atoms with Crippen LogP contribution in [0.2, 0.25) is 0 Å². The fraction of sp³-hybridized carbons (Fsp3) is 0.273. The van der Waals surface area contributed by atoms with Crippen LogP contribution in [0.25, 0.3) is 0 Å². The normalized spacial score (nSPS) is 10.4. The van der Waals surface area contributed by atoms with E-state index in [0.717, 1.165) is 22.5 Å². The van der Waals surface area contributed by atoms with Gasteiger partial charge in [-0.05, 0) is 35.0 Å². The van der Waals surface area contributed by atoms with Crippen molar-refractivity contribution < 1.29 is 0 Å². The molecule has 0 atom stereocenters. The number of hydrogen-bond donors (Lipinski definition) is 1. The van der Waals surface area contributed by atoms with Crippen LogP contribution in [0.1, 0.15) is 11.3 Å². The number of halogens is 1. The van der Waals surface area contributed by atoms with E-state index in [1.807, 2.05) is 37.0 Å². The van der Waals surface area contributed by atoms with E-state index in [0.29, 0.717) is 0 Å². The van der Waals surface area contributed by atoms with E-state index in [4.69, 9.17) is 0 Å². The SMILES string of the molecule is Cc1nn(C)cc1CNc1ccc(Br)cn1. The lowest BCUT2D eigenvalue weighted by atomic mass is 10.2. The zero-order valence-electron chi connectivity index (χ0n) is 9.24. The van der Waals surface area contributed by atoms with Crippen molar-refractivity contribution in [3.8, 4) is 0 Å². The third kappa shape index (κ3) is 2.61. The molecule has 4 nitrogen and oxygen atoms in total. The summed E-state index contributed by atoms with van der Waals surface area (Å²) in [4.78, 5) is 4.24. The fourth-order valence-electron chi connectivity index (χ4n) is 1.49. The molecule has 0 unspecified atom stereocenters. The van der Waals surface area contributed by atoms with Gasteiger partial charge < -0.3 is 5.32 Å². The summed E-state index contributed by atoms with van der Waals surface area (Å²) in [6, 6.07) is 3.90. The van der Waals surface area contributed by atoms with Gasteiger partial charge in [-0.15, -0.1) is 0 Å². The van der Waals surface area contributed by atoms with Crippen LogP contribution in [0.15, 0.2) is 29.0 Å². The third-order valence-corrected chi connectivity index (χ3v) is 2.77. The zero-order valence-corrected chi connectivity index (χ0v) is 10.8. The maximum absolute atomic E-state index is 4.29. The van der Waals surface area contributed by atoms with Gasteiger partial charge in [0.15, 0.2) is 0 Å². The Labute approximate surface area is 103 Å². The molecule has 0 aliphatic carbocycles. The molecular formula is C11H13BrN4. The standard InChI is InChI=1S/C11H13BrN4/c1-8-9(7-16(2)15-8)5-13-11-4-3-10(12)6-14-11/h3-4,6-7H,5H2,1-2H3,(H,13,14). The Balaban J connectivity index is 2.02. The van der Waals surface area contributed by atoms with Crippen molar-refractivity contribution >= 4 is 21.7 Å². The number of hydrogen-bond acceptors (Lipinski definition) is 3. The van der Waals surface area contributed by atoms with Crippen LogP contribution in [-0.4, -0.2) is 14.8 Å². The number of anilines is 1. The van der Waals surface area contributed by atoms with Gasteiger partial charge in [0.05, 0.1) is 5.69 Å². The van der Waals surface area contributed by atoms with Crippen molar-refractivity contribution in [2.75, 3.05) is 5.32 Å². The molecule has 2 aromatic heterocycles. The molecule has 0 bridgehead atoms. The van der Waals surface area contributed by atoms with Crippen LogP contribution >= 0.6 is 15.9 Å². The lowest BCUT2D eigenvalue weighted by Gasteiger charge is -2.04. The predicted molar refractivity (Wildman–Crippen MR) is 67.2 cm³/mol. The molecule has 0 saturated carbocycles. The molecule has 2 aromatic rings. The Morgan fingerprint density at radius 1 is 1.44 bits per heavy atom. The van der Waals surface area contributed by atoms with Crippen LogP contribution in [0.5, 0.6) is 0 Å². The lowest BCUT2D eigenvalue weighted by molar-refractivity contribution is 0.756. The first-order chi connectivity index (χ1) is 7.65. The molecule has 0 aromatic carbocycles. The van der Waals surface area contributed by atoms with E-state index in [1.54, 1.807) is 6.20 Å². The molecule has 16 heavy (non-hydrogen) atoms. The van der Waals surface area contributed by atoms with Crippen LogP contribution in [-0.2, 0) is 13.6 Å². The maximum Gasteiger partial charge on any atom is 0.126 e. The monoisotopic (exact) mass is 280 g/mol. The summed E-state index contributed by atoms with van der Waals surface area (Å²) in [5.41, 5.74) is 2.24. The highest BCUT2D eigenvalue weighted by Gasteiger charge is 2.02. The molecule has 1 N–H and O–H groups in total. The van der Waals surface area contributed by atoms with Crippen LogP contribution in [0, 0.1) is 6.92 Å². The Morgan fingerprint density at radius 3 is 2.81 bits per heavy atom. The van der Waals surface area contributed by atoms with Crippen molar-refractivity contribution in [2.24, 2.45) is 7.05 Å². The summed E-state index contributed by atoms with van der Waals surface area (Å²) in [6.45, 7) is 2.75. The molecule has 5 heteroatoms. The molecule has 2 heterocycles. The highest BCUT2D eigenvalue weighted by molar-refractivity contribution is 9.10. The maximum atomic E-state index is 4.29. The molecular weight excluding hydrogens is 268 g/mol. The quantitative estimate of drug-likeness (QED) is 0.940. The second-order valence-electron chi connectivity index (χ2n) is 3.63. The largest absolute Gasteiger partial charge is 0.366 e. The first kappa shape index (κ1) is 11.1. The molecule has 0 amide bonds. The van der Waals surface area contributed by atoms with Gasteiger partial charge in [0, 0.05) is 36.0 Å². The number of aromatic nitrogens is 3. The van der Waals surface area contributed by atoms with E-state index in [9.17, 15) is 0 Å². The summed E-state index contributed by atoms with van der Waals surface area (Å²) in [6.07, 6.45) is 3.79. The van der Waals surface area contributed by atoms with Crippen molar-refractivity contribution in [3.05, 3.63) is 40.3 Å². The van der Waals surface area contributed by atoms with E-state index >= 15 is 0 Å². The van der Waals surface area contributed by atoms with Gasteiger partial charge in [-0.2, -0.15) is 5.10 Å². The minimum absolute atomic E-state index is 0.744. The average Bonchev–Trinajstić information content (AvgIpc) is 2.57. The minimum atomic E-state index is 0.744. The van der Waals surface area contributed by atoms with Crippen LogP contribution < -0.4 is 5.32 Å². The Morgan fingerprint density at radius 2 is 2.25 bits per heavy atom. The van der Waals surface area contributed by atoms with Crippen LogP contribution in [0.4, 0.5) is 5.82 Å². The van der Waals surface area contributed by atoms with E-state index < -0.39 is 0 Å². The van der Waals surface area contributed by atoms with Crippen molar-refractivity contribution in [1.29, 1.82) is 0 Å². The first-order valence-corrected chi connectivity index (χ1v) is 5.79. The zero-order chi connectivity index (χ0) is 11.5. The van der Waals surface area contributed by atoms with Crippen molar-refractivity contribution in [1.82, 2.24) is 14.8 Å². The Bertz CT molecular complexity index is 475. The number of nitrogens with one attached hydrogen (secondary N) is 1. The molecule has 0 spiro atoms. The van der Waals surface area contributed by atoms with Gasteiger partial charge in [-0.25, -0.2) is 4.98 Å². The Hall–Kier alpha value is -1.36. The summed E-state index contributed by atoms with van der Waals surface area (Å²) < 4.78 is 2.80. The van der Waals surface area contributed by atoms with Gasteiger partial charge in [0.2, 0.25) is 0 Å². The highest BCUT2D eigenvalue weighted by Crippen LogP contribution is 2.12. The van der Waals surface area contributed by atoms with Gasteiger partial charge >= 0.3 is 0 Å². The second-order valence-corrected chi connectivity index (χ2v) is 4.54. The molecule has 0 saturated heterocycles. The number of pyridine rings is 1. The number of rotatable bonds is 3. The predicted octanol–water partition coefficient (Wildman–Crippen LogP) is 2.50. The molecule has 0 aliphatic rings. The van der Waals surface area contributed by atoms with Crippen molar-refractivity contribution in [2.45, 2.75) is 13.5 Å². The smallest absolute Gasteiger partial charge is 0.126 e. The van der Waals surface area contributed by atoms with Gasteiger partial charge in [0.1, 0.15) is 5.82 Å². The van der Waals surface area contributed by atoms with Crippen LogP contribution in [0.3, 0.4) is 0 Å². The van der Waals surface area contributed by atoms with E-state index in [-0.39, 0.29) is 0 Å². The molecule has 0 fully saturated rings. The van der Waals surface area contributed by atoms with Gasteiger partial charge in [0.25, 0.3) is 0 Å². The highest BCUT2D eigenvalue weighted by atomic mass is 79.9. The second kappa shape index (κ2) is 4.65. The first-order valence-electron chi connectivity index (χ1n) is 4.99. The average molecular weight is 281 g/mol. The number of nitrogens with zero attached hydrogens (tertiary/aromatic N) is 3. The lowest BCUT2D eigenvalue weighted by Crippen LogP contribution is -2.01. The molecule has 84 valence electrons. The van der Waals surface area contributed by atoms with Gasteiger partial charge in [-0.3, -0.25) is 4.68 Å². The summed E-state index contributed by atoms with van der Waals surface area (Å²) in [7, 11) is 1.92. The summed E-state index contributed by atoms with van der Waals surface area (Å²) in [5, 5.41) is 7.54. The summed E-state index contributed by atoms with van der Waals surface area (Å²) >= 11 is 3.35. The summed E-state index contributed by atoms with van der Waals surface area (Å²) in [5.74, 6) is 0.867. The molecule has 0 aliphatic heterocycles. The fourth-order valence-corrected chi connectivity index (χ4v) is 1.72. The number of aryl methyl sites for hydroxylation is 2.